The lowest BCUT2D eigenvalue weighted by Crippen LogP contribution is -2.41. The molecule has 0 fully saturated rings. The normalized spacial score (nSPS) is 16.0. The van der Waals surface area contributed by atoms with E-state index in [1.54, 1.807) is 0 Å². The minimum Gasteiger partial charge on any atom is -0.461 e. The number of ether oxygens (including phenoxy) is 3. The Kier molecular flexibility index (Phi) is 15.9. The second kappa shape index (κ2) is 16.2. The first-order valence-corrected chi connectivity index (χ1v) is 11.7. The summed E-state index contributed by atoms with van der Waals surface area (Å²) in [5, 5.41) is 0. The van der Waals surface area contributed by atoms with Gasteiger partial charge < -0.3 is 14.2 Å². The van der Waals surface area contributed by atoms with Gasteiger partial charge in [-0.05, 0) is 46.5 Å². The van der Waals surface area contributed by atoms with E-state index in [1.807, 2.05) is 34.6 Å². The maximum atomic E-state index is 12.4. The van der Waals surface area contributed by atoms with Crippen molar-refractivity contribution in [2.24, 2.45) is 5.92 Å². The van der Waals surface area contributed by atoms with Crippen LogP contribution >= 0.6 is 0 Å². The van der Waals surface area contributed by atoms with Crippen molar-refractivity contribution in [3.8, 4) is 0 Å². The Hall–Kier alpha value is -0.610. The molecule has 0 spiro atoms. The van der Waals surface area contributed by atoms with Gasteiger partial charge in [0.05, 0.1) is 12.2 Å². The average molecular weight is 401 g/mol. The van der Waals surface area contributed by atoms with E-state index in [2.05, 4.69) is 13.8 Å². The average Bonchev–Trinajstić information content (AvgIpc) is 2.64. The van der Waals surface area contributed by atoms with Gasteiger partial charge in [-0.2, -0.15) is 0 Å². The quantitative estimate of drug-likeness (QED) is 0.190. The van der Waals surface area contributed by atoms with Crippen LogP contribution in [0.25, 0.3) is 0 Å². The van der Waals surface area contributed by atoms with Gasteiger partial charge in [-0.25, -0.2) is 4.79 Å². The minimum atomic E-state index is -0.856. The Morgan fingerprint density at radius 3 is 2.07 bits per heavy atom. The van der Waals surface area contributed by atoms with Gasteiger partial charge in [0.2, 0.25) is 0 Å². The molecule has 0 bridgehead atoms. The summed E-state index contributed by atoms with van der Waals surface area (Å²) in [6, 6.07) is 0. The fraction of sp³-hybridized carbons (Fsp3) is 0.958. The molecule has 0 saturated heterocycles. The molecule has 0 aliphatic rings. The predicted molar refractivity (Wildman–Crippen MR) is 118 cm³/mol. The molecule has 0 saturated carbocycles. The smallest absolute Gasteiger partial charge is 0.338 e. The maximum absolute atomic E-state index is 12.4. The van der Waals surface area contributed by atoms with Crippen LogP contribution in [0.15, 0.2) is 0 Å². The molecule has 0 heterocycles. The van der Waals surface area contributed by atoms with Crippen molar-refractivity contribution in [1.82, 2.24) is 0 Å². The number of carbonyl (C=O) groups excluding carboxylic acids is 1. The Morgan fingerprint density at radius 1 is 0.893 bits per heavy atom. The van der Waals surface area contributed by atoms with Gasteiger partial charge in [-0.1, -0.05) is 72.1 Å². The van der Waals surface area contributed by atoms with Crippen LogP contribution in [0.4, 0.5) is 0 Å². The number of carbonyl (C=O) groups is 1. The Balaban J connectivity index is 3.92. The van der Waals surface area contributed by atoms with E-state index in [-0.39, 0.29) is 24.8 Å². The van der Waals surface area contributed by atoms with E-state index < -0.39 is 5.60 Å². The summed E-state index contributed by atoms with van der Waals surface area (Å²) in [5.74, 6) is 0.568. The zero-order chi connectivity index (χ0) is 21.4. The van der Waals surface area contributed by atoms with Crippen LogP contribution in [-0.4, -0.2) is 37.0 Å². The fourth-order valence-corrected chi connectivity index (χ4v) is 3.29. The second-order valence-electron chi connectivity index (χ2n) is 8.83. The van der Waals surface area contributed by atoms with Gasteiger partial charge >= 0.3 is 5.97 Å². The molecule has 3 atom stereocenters. The van der Waals surface area contributed by atoms with Crippen molar-refractivity contribution < 1.29 is 19.0 Å². The molecule has 4 nitrogen and oxygen atoms in total. The molecule has 3 unspecified atom stereocenters. The summed E-state index contributed by atoms with van der Waals surface area (Å²) in [6.45, 7) is 15.2. The van der Waals surface area contributed by atoms with Crippen LogP contribution in [0.3, 0.4) is 0 Å². The van der Waals surface area contributed by atoms with E-state index in [9.17, 15) is 4.79 Å². The highest BCUT2D eigenvalue weighted by atomic mass is 16.6. The van der Waals surface area contributed by atoms with E-state index in [0.717, 1.165) is 18.8 Å². The third-order valence-electron chi connectivity index (χ3n) is 5.37. The second-order valence-corrected chi connectivity index (χ2v) is 8.83. The SMILES string of the molecule is CCCCCC(C)CCCCCCOC(C)(CC)C(=O)OCC(C)OC(C)C. The number of rotatable bonds is 18. The molecule has 0 aromatic heterocycles. The standard InChI is InChI=1S/C24H48O4/c1-8-10-13-16-21(5)17-14-11-12-15-18-27-24(7,9-2)23(25)26-19-22(6)28-20(3)4/h20-22H,8-19H2,1-7H3. The molecule has 0 N–H and O–H groups in total. The summed E-state index contributed by atoms with van der Waals surface area (Å²) >= 11 is 0. The number of hydrogen-bond donors (Lipinski definition) is 0. The van der Waals surface area contributed by atoms with Crippen LogP contribution in [0, 0.1) is 5.92 Å². The molecule has 0 radical (unpaired) electrons. The topological polar surface area (TPSA) is 44.8 Å². The third-order valence-corrected chi connectivity index (χ3v) is 5.37. The van der Waals surface area contributed by atoms with Gasteiger partial charge in [0.15, 0.2) is 5.60 Å². The lowest BCUT2D eigenvalue weighted by atomic mass is 9.97. The molecule has 0 amide bonds. The predicted octanol–water partition coefficient (Wildman–Crippen LogP) is 6.70. The first-order chi connectivity index (χ1) is 13.2. The van der Waals surface area contributed by atoms with E-state index >= 15 is 0 Å². The molecular weight excluding hydrogens is 352 g/mol. The highest BCUT2D eigenvalue weighted by Gasteiger charge is 2.34. The molecule has 0 aromatic rings. The molecule has 168 valence electrons. The van der Waals surface area contributed by atoms with Gasteiger partial charge in [0.25, 0.3) is 0 Å². The van der Waals surface area contributed by atoms with E-state index in [4.69, 9.17) is 14.2 Å². The first kappa shape index (κ1) is 27.4. The van der Waals surface area contributed by atoms with Crippen molar-refractivity contribution in [1.29, 1.82) is 0 Å². The Morgan fingerprint density at radius 2 is 1.50 bits per heavy atom. The Bertz CT molecular complexity index is 383. The molecule has 0 rings (SSSR count). The maximum Gasteiger partial charge on any atom is 0.338 e. The molecule has 0 aliphatic carbocycles. The molecule has 4 heteroatoms. The Labute approximate surface area is 175 Å². The first-order valence-electron chi connectivity index (χ1n) is 11.7. The zero-order valence-electron chi connectivity index (χ0n) is 19.9. The van der Waals surface area contributed by atoms with Crippen LogP contribution in [0.2, 0.25) is 0 Å². The summed E-state index contributed by atoms with van der Waals surface area (Å²) in [7, 11) is 0. The lowest BCUT2D eigenvalue weighted by Gasteiger charge is -2.27. The highest BCUT2D eigenvalue weighted by molar-refractivity contribution is 5.79. The van der Waals surface area contributed by atoms with Crippen molar-refractivity contribution in [3.05, 3.63) is 0 Å². The number of unbranched alkanes of at least 4 members (excludes halogenated alkanes) is 5. The summed E-state index contributed by atoms with van der Waals surface area (Å²) in [4.78, 5) is 12.4. The van der Waals surface area contributed by atoms with Crippen LogP contribution in [-0.2, 0) is 19.0 Å². The zero-order valence-corrected chi connectivity index (χ0v) is 19.9. The number of esters is 1. The fourth-order valence-electron chi connectivity index (χ4n) is 3.29. The monoisotopic (exact) mass is 400 g/mol. The van der Waals surface area contributed by atoms with Gasteiger partial charge in [-0.15, -0.1) is 0 Å². The van der Waals surface area contributed by atoms with E-state index in [1.165, 1.54) is 44.9 Å². The largest absolute Gasteiger partial charge is 0.461 e. The van der Waals surface area contributed by atoms with Gasteiger partial charge in [0.1, 0.15) is 6.61 Å². The van der Waals surface area contributed by atoms with Crippen molar-refractivity contribution in [2.45, 2.75) is 130 Å². The van der Waals surface area contributed by atoms with E-state index in [0.29, 0.717) is 13.0 Å². The summed E-state index contributed by atoms with van der Waals surface area (Å²) in [6.07, 6.45) is 12.1. The van der Waals surface area contributed by atoms with Crippen molar-refractivity contribution in [3.63, 3.8) is 0 Å². The van der Waals surface area contributed by atoms with Gasteiger partial charge in [0, 0.05) is 6.61 Å². The summed E-state index contributed by atoms with van der Waals surface area (Å²) < 4.78 is 17.0. The minimum absolute atomic E-state index is 0.102. The van der Waals surface area contributed by atoms with Crippen LogP contribution in [0.5, 0.6) is 0 Å². The third kappa shape index (κ3) is 13.5. The molecule has 28 heavy (non-hydrogen) atoms. The molecule has 0 aliphatic heterocycles. The summed E-state index contributed by atoms with van der Waals surface area (Å²) in [5.41, 5.74) is -0.856. The van der Waals surface area contributed by atoms with Gasteiger partial charge in [-0.3, -0.25) is 0 Å². The van der Waals surface area contributed by atoms with Crippen molar-refractivity contribution >= 4 is 5.97 Å². The molecule has 0 aromatic carbocycles. The lowest BCUT2D eigenvalue weighted by molar-refractivity contribution is -0.175. The molecular formula is C24H48O4. The van der Waals surface area contributed by atoms with Crippen LogP contribution in [0.1, 0.15) is 113 Å². The number of hydrogen-bond acceptors (Lipinski definition) is 4. The van der Waals surface area contributed by atoms with Crippen LogP contribution < -0.4 is 0 Å². The van der Waals surface area contributed by atoms with Crippen molar-refractivity contribution in [2.75, 3.05) is 13.2 Å². The highest BCUT2D eigenvalue weighted by Crippen LogP contribution is 2.20.